The summed E-state index contributed by atoms with van der Waals surface area (Å²) in [5.74, 6) is -0.789. The third-order valence-electron chi connectivity index (χ3n) is 3.55. The second-order valence-electron chi connectivity index (χ2n) is 5.56. The summed E-state index contributed by atoms with van der Waals surface area (Å²) in [6.07, 6.45) is 2.48. The van der Waals surface area contributed by atoms with Crippen LogP contribution < -0.4 is 4.90 Å². The number of benzene rings is 1. The van der Waals surface area contributed by atoms with Crippen molar-refractivity contribution < 1.29 is 22.5 Å². The fraction of sp³-hybridized carbons (Fsp3) is 0.562. The van der Waals surface area contributed by atoms with E-state index in [4.69, 9.17) is 9.29 Å². The Morgan fingerprint density at radius 1 is 1.33 bits per heavy atom. The first-order valence-electron chi connectivity index (χ1n) is 7.69. The maximum absolute atomic E-state index is 11.1. The van der Waals surface area contributed by atoms with Crippen LogP contribution in [0.4, 0.5) is 5.69 Å². The molecule has 0 amide bonds. The molecule has 0 saturated heterocycles. The van der Waals surface area contributed by atoms with Crippen molar-refractivity contribution in [2.45, 2.75) is 26.2 Å². The van der Waals surface area contributed by atoms with Gasteiger partial charge in [0.25, 0.3) is 10.1 Å². The number of hydrogen-bond donors (Lipinski definition) is 1. The number of carboxylic acids is 1. The van der Waals surface area contributed by atoms with E-state index in [1.54, 1.807) is 0 Å². The van der Waals surface area contributed by atoms with E-state index in [1.165, 1.54) is 0 Å². The number of carboxylic acid groups (broad SMARTS) is 1. The molecule has 6 nitrogen and oxygen atoms in total. The Labute approximate surface area is 152 Å². The molecule has 0 unspecified atom stereocenters. The second kappa shape index (κ2) is 10.0. The number of carbonyl (C=O) groups is 1. The summed E-state index contributed by atoms with van der Waals surface area (Å²) in [4.78, 5) is 12.7. The van der Waals surface area contributed by atoms with Crippen LogP contribution in [0.3, 0.4) is 0 Å². The topological polar surface area (TPSA) is 83.9 Å². The summed E-state index contributed by atoms with van der Waals surface area (Å²) in [5, 5.41) is 9.50. The van der Waals surface area contributed by atoms with E-state index in [0.717, 1.165) is 28.4 Å². The zero-order valence-electron chi connectivity index (χ0n) is 14.0. The number of rotatable bonds is 11. The Bertz CT molecular complexity index is 648. The van der Waals surface area contributed by atoms with Crippen LogP contribution in [-0.2, 0) is 25.5 Å². The molecule has 1 N–H and O–H groups in total. The monoisotopic (exact) mass is 421 g/mol. The molecule has 0 aliphatic rings. The highest BCUT2D eigenvalue weighted by atomic mass is 79.9. The number of nitrogens with zero attached hydrogens (tertiary/aromatic N) is 1. The highest BCUT2D eigenvalue weighted by Gasteiger charge is 2.10. The lowest BCUT2D eigenvalue weighted by Crippen LogP contribution is -2.30. The van der Waals surface area contributed by atoms with Crippen LogP contribution in [0.1, 0.15) is 24.0 Å². The zero-order chi connectivity index (χ0) is 18.2. The van der Waals surface area contributed by atoms with Crippen molar-refractivity contribution in [3.05, 3.63) is 29.3 Å². The van der Waals surface area contributed by atoms with Crippen LogP contribution in [0.5, 0.6) is 0 Å². The number of anilines is 1. The van der Waals surface area contributed by atoms with Crippen molar-refractivity contribution >= 4 is 37.7 Å². The largest absolute Gasteiger partial charge is 0.481 e. The fourth-order valence-corrected chi connectivity index (χ4v) is 3.13. The van der Waals surface area contributed by atoms with Gasteiger partial charge in [-0.15, -0.1) is 0 Å². The molecule has 0 saturated carbocycles. The quantitative estimate of drug-likeness (QED) is 0.436. The molecular weight excluding hydrogens is 398 g/mol. The van der Waals surface area contributed by atoms with Gasteiger partial charge in [0.2, 0.25) is 0 Å². The van der Waals surface area contributed by atoms with E-state index in [1.807, 2.05) is 30.0 Å². The average molecular weight is 422 g/mol. The molecule has 0 atom stereocenters. The van der Waals surface area contributed by atoms with Crippen molar-refractivity contribution in [3.8, 4) is 0 Å². The Morgan fingerprint density at radius 3 is 2.62 bits per heavy atom. The van der Waals surface area contributed by atoms with Gasteiger partial charge in [-0.05, 0) is 43.0 Å². The van der Waals surface area contributed by atoms with Gasteiger partial charge < -0.3 is 10.0 Å². The molecular formula is C16H24BrNO5S. The SMILES string of the molecule is Cc1ccc(N(CCBr)CCOS(C)(=O)=O)cc1CCCC(=O)O. The third-order valence-corrected chi connectivity index (χ3v) is 4.50. The van der Waals surface area contributed by atoms with Gasteiger partial charge in [0.1, 0.15) is 0 Å². The predicted molar refractivity (Wildman–Crippen MR) is 98.6 cm³/mol. The number of alkyl halides is 1. The molecule has 0 radical (unpaired) electrons. The second-order valence-corrected chi connectivity index (χ2v) is 8.00. The van der Waals surface area contributed by atoms with Crippen molar-refractivity contribution in [1.29, 1.82) is 0 Å². The van der Waals surface area contributed by atoms with E-state index in [-0.39, 0.29) is 13.0 Å². The minimum absolute atomic E-state index is 0.0913. The molecule has 0 spiro atoms. The lowest BCUT2D eigenvalue weighted by atomic mass is 10.0. The molecule has 1 aromatic rings. The maximum atomic E-state index is 11.1. The summed E-state index contributed by atoms with van der Waals surface area (Å²) in [6.45, 7) is 3.26. The Kier molecular flexibility index (Phi) is 8.72. The molecule has 0 heterocycles. The van der Waals surface area contributed by atoms with E-state index in [2.05, 4.69) is 15.9 Å². The highest BCUT2D eigenvalue weighted by Crippen LogP contribution is 2.21. The number of aliphatic carboxylic acids is 1. The summed E-state index contributed by atoms with van der Waals surface area (Å²) in [6, 6.07) is 6.03. The molecule has 136 valence electrons. The summed E-state index contributed by atoms with van der Waals surface area (Å²) >= 11 is 3.40. The number of halogens is 1. The molecule has 1 aromatic carbocycles. The predicted octanol–water partition coefficient (Wildman–Crippen LogP) is 2.58. The van der Waals surface area contributed by atoms with E-state index in [9.17, 15) is 13.2 Å². The summed E-state index contributed by atoms with van der Waals surface area (Å²) in [5.41, 5.74) is 3.20. The van der Waals surface area contributed by atoms with Gasteiger partial charge in [-0.25, -0.2) is 0 Å². The van der Waals surface area contributed by atoms with Crippen molar-refractivity contribution in [1.82, 2.24) is 0 Å². The van der Waals surface area contributed by atoms with Crippen LogP contribution >= 0.6 is 15.9 Å². The molecule has 1 rings (SSSR count). The Hall–Kier alpha value is -1.12. The van der Waals surface area contributed by atoms with E-state index >= 15 is 0 Å². The maximum Gasteiger partial charge on any atom is 0.303 e. The first-order valence-corrected chi connectivity index (χ1v) is 10.6. The molecule has 24 heavy (non-hydrogen) atoms. The first-order chi connectivity index (χ1) is 11.2. The third kappa shape index (κ3) is 8.12. The van der Waals surface area contributed by atoms with Crippen molar-refractivity contribution in [2.24, 2.45) is 0 Å². The smallest absolute Gasteiger partial charge is 0.303 e. The van der Waals surface area contributed by atoms with Gasteiger partial charge in [-0.2, -0.15) is 8.42 Å². The first kappa shape index (κ1) is 20.9. The van der Waals surface area contributed by atoms with Crippen LogP contribution in [0.2, 0.25) is 0 Å². The van der Waals surface area contributed by atoms with Gasteiger partial charge in [0.05, 0.1) is 12.9 Å². The van der Waals surface area contributed by atoms with Crippen LogP contribution in [-0.4, -0.2) is 50.8 Å². The lowest BCUT2D eigenvalue weighted by molar-refractivity contribution is -0.137. The Balaban J connectivity index is 2.80. The summed E-state index contributed by atoms with van der Waals surface area (Å²) in [7, 11) is -3.45. The minimum atomic E-state index is -3.45. The van der Waals surface area contributed by atoms with Gasteiger partial charge in [0, 0.05) is 30.5 Å². The van der Waals surface area contributed by atoms with Gasteiger partial charge in [-0.1, -0.05) is 22.0 Å². The van der Waals surface area contributed by atoms with E-state index < -0.39 is 16.1 Å². The lowest BCUT2D eigenvalue weighted by Gasteiger charge is -2.25. The number of hydrogen-bond acceptors (Lipinski definition) is 5. The molecule has 0 aliphatic heterocycles. The Morgan fingerprint density at radius 2 is 2.04 bits per heavy atom. The standard InChI is InChI=1S/C16H24BrNO5S/c1-13-6-7-15(12-14(13)4-3-5-16(19)20)18(9-8-17)10-11-23-24(2,21)22/h6-7,12H,3-5,8-11H2,1-2H3,(H,19,20). The average Bonchev–Trinajstić information content (AvgIpc) is 2.47. The molecule has 0 bridgehead atoms. The normalized spacial score (nSPS) is 11.5. The molecule has 0 aromatic heterocycles. The molecule has 0 fully saturated rings. The van der Waals surface area contributed by atoms with Crippen molar-refractivity contribution in [3.63, 3.8) is 0 Å². The highest BCUT2D eigenvalue weighted by molar-refractivity contribution is 9.09. The van der Waals surface area contributed by atoms with Crippen LogP contribution in [0.25, 0.3) is 0 Å². The number of aryl methyl sites for hydroxylation is 2. The summed E-state index contributed by atoms with van der Waals surface area (Å²) < 4.78 is 27.0. The van der Waals surface area contributed by atoms with Crippen LogP contribution in [0, 0.1) is 6.92 Å². The van der Waals surface area contributed by atoms with Gasteiger partial charge in [-0.3, -0.25) is 8.98 Å². The molecule has 8 heteroatoms. The van der Waals surface area contributed by atoms with Gasteiger partial charge in [0.15, 0.2) is 0 Å². The fourth-order valence-electron chi connectivity index (χ4n) is 2.32. The van der Waals surface area contributed by atoms with E-state index in [0.29, 0.717) is 25.9 Å². The minimum Gasteiger partial charge on any atom is -0.481 e. The van der Waals surface area contributed by atoms with Crippen LogP contribution in [0.15, 0.2) is 18.2 Å². The van der Waals surface area contributed by atoms with Crippen molar-refractivity contribution in [2.75, 3.05) is 36.2 Å². The molecule has 0 aliphatic carbocycles. The van der Waals surface area contributed by atoms with Gasteiger partial charge >= 0.3 is 5.97 Å². The zero-order valence-corrected chi connectivity index (χ0v) is 16.4.